The predicted octanol–water partition coefficient (Wildman–Crippen LogP) is -0.328. The number of thioether (sulfide) groups is 1. The van der Waals surface area contributed by atoms with Gasteiger partial charge in [0.15, 0.2) is 17.5 Å². The van der Waals surface area contributed by atoms with E-state index in [1.165, 1.54) is 0 Å². The Bertz CT molecular complexity index is 787. The summed E-state index contributed by atoms with van der Waals surface area (Å²) in [6, 6.07) is 12.8. The third-order valence-corrected chi connectivity index (χ3v) is 4.81. The van der Waals surface area contributed by atoms with Crippen molar-refractivity contribution in [2.45, 2.75) is 37.1 Å². The van der Waals surface area contributed by atoms with Crippen LogP contribution in [0.25, 0.3) is 0 Å². The molecule has 6 nitrogen and oxygen atoms in total. The molecule has 0 saturated carbocycles. The molecule has 8 heteroatoms. The van der Waals surface area contributed by atoms with Crippen LogP contribution in [0, 0.1) is 0 Å². The Hall–Kier alpha value is -2.19. The standard InChI is InChI=1S/C20H22N2O4S.BrH/c23-18(24)11-12-21-20(26)16-8-2-3-9-17(16)27-19(25)10-4-7-15-22-13-5-1-6-14-22;/h1-3,5-6,8-9,13-14H,4,7,10-12,15H2,(H-,21,23,24,26);1H. The van der Waals surface area contributed by atoms with Gasteiger partial charge < -0.3 is 27.4 Å². The van der Waals surface area contributed by atoms with E-state index in [0.29, 0.717) is 16.9 Å². The molecule has 0 spiro atoms. The van der Waals surface area contributed by atoms with Crippen molar-refractivity contribution in [1.82, 2.24) is 5.32 Å². The number of aromatic nitrogens is 1. The minimum atomic E-state index is -0.971. The van der Waals surface area contributed by atoms with Crippen LogP contribution in [0.2, 0.25) is 0 Å². The fourth-order valence-corrected chi connectivity index (χ4v) is 3.35. The second-order valence-corrected chi connectivity index (χ2v) is 7.04. The normalized spacial score (nSPS) is 10.0. The van der Waals surface area contributed by atoms with Gasteiger partial charge in [-0.1, -0.05) is 30.0 Å². The lowest BCUT2D eigenvalue weighted by molar-refractivity contribution is -0.697. The first-order chi connectivity index (χ1) is 13.1. The number of hydrogen-bond acceptors (Lipinski definition) is 4. The largest absolute Gasteiger partial charge is 1.00 e. The summed E-state index contributed by atoms with van der Waals surface area (Å²) in [6.45, 7) is 0.916. The molecule has 0 bridgehead atoms. The number of nitrogens with one attached hydrogen (secondary N) is 1. The number of aryl methyl sites for hydroxylation is 1. The van der Waals surface area contributed by atoms with E-state index in [1.807, 2.05) is 30.6 Å². The number of amides is 1. The second kappa shape index (κ2) is 13.1. The van der Waals surface area contributed by atoms with E-state index >= 15 is 0 Å². The van der Waals surface area contributed by atoms with Gasteiger partial charge in [0.05, 0.1) is 12.0 Å². The summed E-state index contributed by atoms with van der Waals surface area (Å²) in [4.78, 5) is 35.6. The van der Waals surface area contributed by atoms with E-state index in [2.05, 4.69) is 9.88 Å². The van der Waals surface area contributed by atoms with Crippen LogP contribution < -0.4 is 26.9 Å². The van der Waals surface area contributed by atoms with Crippen LogP contribution in [-0.4, -0.2) is 28.6 Å². The molecule has 1 heterocycles. The molecule has 0 radical (unpaired) electrons. The average molecular weight is 467 g/mol. The smallest absolute Gasteiger partial charge is 0.305 e. The zero-order chi connectivity index (χ0) is 19.5. The summed E-state index contributed by atoms with van der Waals surface area (Å²) in [5.74, 6) is -1.34. The van der Waals surface area contributed by atoms with Crippen molar-refractivity contribution in [3.63, 3.8) is 0 Å². The molecule has 0 aliphatic heterocycles. The van der Waals surface area contributed by atoms with Gasteiger partial charge in [0.1, 0.15) is 6.54 Å². The van der Waals surface area contributed by atoms with E-state index in [4.69, 9.17) is 5.11 Å². The zero-order valence-electron chi connectivity index (χ0n) is 15.3. The number of aliphatic carboxylic acids is 1. The number of carboxylic acids is 1. The number of carbonyl (C=O) groups is 3. The molecule has 0 saturated heterocycles. The highest BCUT2D eigenvalue weighted by atomic mass is 79.9. The molecule has 0 aliphatic carbocycles. The maximum absolute atomic E-state index is 12.2. The Morgan fingerprint density at radius 3 is 2.39 bits per heavy atom. The summed E-state index contributed by atoms with van der Waals surface area (Å²) in [6.07, 6.45) is 5.97. The number of carboxylic acid groups (broad SMARTS) is 1. The molecule has 2 rings (SSSR count). The first kappa shape index (κ1) is 23.8. The van der Waals surface area contributed by atoms with Gasteiger partial charge in [-0.15, -0.1) is 0 Å². The SMILES string of the molecule is O=C(O)CCNC(=O)c1ccccc1SC(=O)CCCC[n+]1ccccc1.[Br-]. The van der Waals surface area contributed by atoms with Crippen molar-refractivity contribution < 1.29 is 41.0 Å². The molecule has 1 amide bonds. The fraction of sp³-hybridized carbons (Fsp3) is 0.300. The first-order valence-electron chi connectivity index (χ1n) is 8.80. The third kappa shape index (κ3) is 8.67. The van der Waals surface area contributed by atoms with Crippen molar-refractivity contribution in [3.05, 3.63) is 60.4 Å². The van der Waals surface area contributed by atoms with Crippen molar-refractivity contribution in [2.24, 2.45) is 0 Å². The number of benzene rings is 1. The van der Waals surface area contributed by atoms with Gasteiger partial charge in [0, 0.05) is 36.4 Å². The van der Waals surface area contributed by atoms with Crippen LogP contribution in [0.15, 0.2) is 59.8 Å². The summed E-state index contributed by atoms with van der Waals surface area (Å²) in [5.41, 5.74) is 0.390. The monoisotopic (exact) mass is 466 g/mol. The van der Waals surface area contributed by atoms with Crippen LogP contribution in [0.3, 0.4) is 0 Å². The number of hydrogen-bond donors (Lipinski definition) is 2. The predicted molar refractivity (Wildman–Crippen MR) is 102 cm³/mol. The van der Waals surface area contributed by atoms with E-state index in [1.54, 1.807) is 24.3 Å². The number of halogens is 1. The highest BCUT2D eigenvalue weighted by molar-refractivity contribution is 8.13. The van der Waals surface area contributed by atoms with Crippen LogP contribution in [0.1, 0.15) is 36.0 Å². The Balaban J connectivity index is 0.00000392. The number of pyridine rings is 1. The van der Waals surface area contributed by atoms with Gasteiger partial charge >= 0.3 is 5.97 Å². The highest BCUT2D eigenvalue weighted by Gasteiger charge is 2.14. The lowest BCUT2D eigenvalue weighted by Crippen LogP contribution is -3.00. The van der Waals surface area contributed by atoms with Gasteiger partial charge in [0.2, 0.25) is 0 Å². The Labute approximate surface area is 179 Å². The van der Waals surface area contributed by atoms with Crippen LogP contribution in [0.5, 0.6) is 0 Å². The molecule has 2 N–H and O–H groups in total. The van der Waals surface area contributed by atoms with E-state index in [-0.39, 0.29) is 41.0 Å². The number of rotatable bonds is 10. The van der Waals surface area contributed by atoms with E-state index in [0.717, 1.165) is 31.1 Å². The first-order valence-corrected chi connectivity index (χ1v) is 9.61. The number of nitrogens with zero attached hydrogens (tertiary/aromatic N) is 1. The third-order valence-electron chi connectivity index (χ3n) is 3.80. The van der Waals surface area contributed by atoms with E-state index in [9.17, 15) is 14.4 Å². The Kier molecular flexibility index (Phi) is 11.1. The minimum absolute atomic E-state index is 0. The number of carbonyl (C=O) groups excluding carboxylic acids is 2. The molecule has 28 heavy (non-hydrogen) atoms. The zero-order valence-corrected chi connectivity index (χ0v) is 17.7. The van der Waals surface area contributed by atoms with Gasteiger partial charge in [-0.3, -0.25) is 14.4 Å². The topological polar surface area (TPSA) is 87.3 Å². The van der Waals surface area contributed by atoms with Gasteiger partial charge in [-0.25, -0.2) is 4.57 Å². The molecule has 2 aromatic rings. The maximum atomic E-state index is 12.2. The molecular formula is C20H23BrN2O4S. The fourth-order valence-electron chi connectivity index (χ4n) is 2.44. The van der Waals surface area contributed by atoms with Crippen LogP contribution >= 0.6 is 11.8 Å². The molecule has 0 atom stereocenters. The molecule has 0 fully saturated rings. The van der Waals surface area contributed by atoms with Crippen molar-refractivity contribution in [2.75, 3.05) is 6.54 Å². The van der Waals surface area contributed by atoms with Crippen molar-refractivity contribution in [3.8, 4) is 0 Å². The Morgan fingerprint density at radius 1 is 0.964 bits per heavy atom. The highest BCUT2D eigenvalue weighted by Crippen LogP contribution is 2.25. The second-order valence-electron chi connectivity index (χ2n) is 5.94. The molecule has 1 aromatic heterocycles. The quantitative estimate of drug-likeness (QED) is 0.284. The molecule has 0 unspecified atom stereocenters. The summed E-state index contributed by atoms with van der Waals surface area (Å²) in [5, 5.41) is 11.2. The lowest BCUT2D eigenvalue weighted by atomic mass is 10.2. The number of unbranched alkanes of at least 4 members (excludes halogenated alkanes) is 1. The van der Waals surface area contributed by atoms with Gasteiger partial charge in [-0.05, 0) is 18.6 Å². The lowest BCUT2D eigenvalue weighted by Gasteiger charge is -2.08. The van der Waals surface area contributed by atoms with Crippen LogP contribution in [0.4, 0.5) is 0 Å². The molecule has 150 valence electrons. The molecule has 1 aromatic carbocycles. The molecule has 0 aliphatic rings. The summed E-state index contributed by atoms with van der Waals surface area (Å²) >= 11 is 1.06. The van der Waals surface area contributed by atoms with E-state index < -0.39 is 5.97 Å². The van der Waals surface area contributed by atoms with Gasteiger partial charge in [-0.2, -0.15) is 0 Å². The summed E-state index contributed by atoms with van der Waals surface area (Å²) < 4.78 is 2.08. The minimum Gasteiger partial charge on any atom is -1.00 e. The van der Waals surface area contributed by atoms with Crippen LogP contribution in [-0.2, 0) is 16.1 Å². The van der Waals surface area contributed by atoms with Gasteiger partial charge in [0.25, 0.3) is 5.91 Å². The molecular weight excluding hydrogens is 444 g/mol. The average Bonchev–Trinajstić information content (AvgIpc) is 2.66. The Morgan fingerprint density at radius 2 is 1.68 bits per heavy atom. The van der Waals surface area contributed by atoms with Crippen molar-refractivity contribution >= 4 is 28.8 Å². The summed E-state index contributed by atoms with van der Waals surface area (Å²) in [7, 11) is 0. The maximum Gasteiger partial charge on any atom is 0.305 e. The van der Waals surface area contributed by atoms with Crippen molar-refractivity contribution in [1.29, 1.82) is 0 Å².